The van der Waals surface area contributed by atoms with Crippen LogP contribution in [-0.2, 0) is 5.41 Å². The number of hydrogen-bond donors (Lipinski definition) is 2. The van der Waals surface area contributed by atoms with E-state index in [-0.39, 0.29) is 5.41 Å². The van der Waals surface area contributed by atoms with Crippen molar-refractivity contribution in [1.82, 2.24) is 0 Å². The predicted molar refractivity (Wildman–Crippen MR) is 57.0 cm³/mol. The van der Waals surface area contributed by atoms with Crippen LogP contribution < -0.4 is 11.1 Å². The Morgan fingerprint density at radius 1 is 1.54 bits per heavy atom. The molecule has 1 aromatic rings. The lowest BCUT2D eigenvalue weighted by Crippen LogP contribution is -2.22. The molecule has 1 aliphatic heterocycles. The van der Waals surface area contributed by atoms with Crippen molar-refractivity contribution in [2.24, 2.45) is 0 Å². The molecule has 2 nitrogen and oxygen atoms in total. The molecule has 0 aliphatic carbocycles. The molecule has 2 rings (SSSR count). The zero-order valence-electron chi connectivity index (χ0n) is 8.22. The summed E-state index contributed by atoms with van der Waals surface area (Å²) >= 11 is 0. The van der Waals surface area contributed by atoms with Gasteiger partial charge in [0, 0.05) is 23.3 Å². The van der Waals surface area contributed by atoms with Crippen LogP contribution in [0.5, 0.6) is 0 Å². The zero-order valence-corrected chi connectivity index (χ0v) is 8.22. The van der Waals surface area contributed by atoms with Gasteiger partial charge >= 0.3 is 0 Å². The highest BCUT2D eigenvalue weighted by molar-refractivity contribution is 5.64. The van der Waals surface area contributed by atoms with Gasteiger partial charge in [-0.2, -0.15) is 0 Å². The first-order valence-electron chi connectivity index (χ1n) is 4.79. The molecule has 0 fully saturated rings. The Kier molecular flexibility index (Phi) is 1.72. The number of fused-ring (bicyclic) bond motifs is 1. The minimum Gasteiger partial charge on any atom is -0.399 e. The summed E-state index contributed by atoms with van der Waals surface area (Å²) in [6.45, 7) is 5.54. The molecule has 0 bridgehead atoms. The minimum atomic E-state index is 0.269. The molecule has 0 saturated carbocycles. The number of nitrogen functional groups attached to an aromatic ring is 1. The standard InChI is InChI=1S/C11H16N2/c1-3-11(2)7-13-10-5-4-8(12)6-9(10)11/h4-6,13H,3,7,12H2,1-2H3/t11-/m0/s1. The molecule has 70 valence electrons. The van der Waals surface area contributed by atoms with E-state index in [1.54, 1.807) is 0 Å². The lowest BCUT2D eigenvalue weighted by atomic mass is 9.82. The molecule has 0 spiro atoms. The third-order valence-electron chi connectivity index (χ3n) is 3.14. The average Bonchev–Trinajstić information content (AvgIpc) is 2.45. The fourth-order valence-corrected chi connectivity index (χ4v) is 1.92. The first-order chi connectivity index (χ1) is 6.15. The molecule has 0 aromatic heterocycles. The van der Waals surface area contributed by atoms with Crippen LogP contribution in [0.4, 0.5) is 11.4 Å². The van der Waals surface area contributed by atoms with Crippen molar-refractivity contribution in [3.63, 3.8) is 0 Å². The van der Waals surface area contributed by atoms with Gasteiger partial charge in [0.15, 0.2) is 0 Å². The average molecular weight is 176 g/mol. The highest BCUT2D eigenvalue weighted by Crippen LogP contribution is 2.39. The van der Waals surface area contributed by atoms with Crippen molar-refractivity contribution in [2.45, 2.75) is 25.7 Å². The smallest absolute Gasteiger partial charge is 0.0380 e. The Bertz CT molecular complexity index is 333. The van der Waals surface area contributed by atoms with Crippen LogP contribution >= 0.6 is 0 Å². The third kappa shape index (κ3) is 1.17. The number of benzene rings is 1. The van der Waals surface area contributed by atoms with E-state index in [1.807, 2.05) is 6.07 Å². The fourth-order valence-electron chi connectivity index (χ4n) is 1.92. The maximum atomic E-state index is 5.78. The van der Waals surface area contributed by atoms with Crippen molar-refractivity contribution in [3.8, 4) is 0 Å². The van der Waals surface area contributed by atoms with Crippen molar-refractivity contribution in [1.29, 1.82) is 0 Å². The maximum Gasteiger partial charge on any atom is 0.0380 e. The van der Waals surface area contributed by atoms with E-state index < -0.39 is 0 Å². The Morgan fingerprint density at radius 2 is 2.31 bits per heavy atom. The van der Waals surface area contributed by atoms with E-state index >= 15 is 0 Å². The molecule has 0 radical (unpaired) electrons. The summed E-state index contributed by atoms with van der Waals surface area (Å²) in [5.41, 5.74) is 9.53. The van der Waals surface area contributed by atoms with Crippen LogP contribution in [0.2, 0.25) is 0 Å². The molecule has 13 heavy (non-hydrogen) atoms. The molecule has 0 amide bonds. The summed E-state index contributed by atoms with van der Waals surface area (Å²) < 4.78 is 0. The Morgan fingerprint density at radius 3 is 3.00 bits per heavy atom. The second-order valence-electron chi connectivity index (χ2n) is 4.07. The normalized spacial score (nSPS) is 25.4. The molecule has 1 heterocycles. The van der Waals surface area contributed by atoms with Gasteiger partial charge < -0.3 is 11.1 Å². The van der Waals surface area contributed by atoms with Crippen LogP contribution in [-0.4, -0.2) is 6.54 Å². The number of nitrogens with one attached hydrogen (secondary N) is 1. The van der Waals surface area contributed by atoms with E-state index in [0.717, 1.165) is 18.7 Å². The SMILES string of the molecule is CC[C@@]1(C)CNc2ccc(N)cc21. The summed E-state index contributed by atoms with van der Waals surface area (Å²) in [6.07, 6.45) is 1.15. The van der Waals surface area contributed by atoms with Gasteiger partial charge in [-0.05, 0) is 30.2 Å². The molecular weight excluding hydrogens is 160 g/mol. The number of hydrogen-bond acceptors (Lipinski definition) is 2. The van der Waals surface area contributed by atoms with Gasteiger partial charge in [0.05, 0.1) is 0 Å². The van der Waals surface area contributed by atoms with Gasteiger partial charge in [0.1, 0.15) is 0 Å². The molecule has 2 heteroatoms. The van der Waals surface area contributed by atoms with Crippen LogP contribution in [0, 0.1) is 0 Å². The van der Waals surface area contributed by atoms with Crippen molar-refractivity contribution in [2.75, 3.05) is 17.6 Å². The summed E-state index contributed by atoms with van der Waals surface area (Å²) in [5, 5.41) is 3.41. The lowest BCUT2D eigenvalue weighted by Gasteiger charge is -2.21. The second-order valence-corrected chi connectivity index (χ2v) is 4.07. The summed E-state index contributed by atoms with van der Waals surface area (Å²) in [5.74, 6) is 0. The van der Waals surface area contributed by atoms with Crippen LogP contribution in [0.3, 0.4) is 0 Å². The minimum absolute atomic E-state index is 0.269. The highest BCUT2D eigenvalue weighted by Gasteiger charge is 2.32. The van der Waals surface area contributed by atoms with E-state index in [0.29, 0.717) is 0 Å². The first-order valence-corrected chi connectivity index (χ1v) is 4.79. The molecular formula is C11H16N2. The van der Waals surface area contributed by atoms with E-state index in [9.17, 15) is 0 Å². The molecule has 0 saturated heterocycles. The van der Waals surface area contributed by atoms with Gasteiger partial charge in [-0.1, -0.05) is 13.8 Å². The van der Waals surface area contributed by atoms with E-state index in [4.69, 9.17) is 5.73 Å². The van der Waals surface area contributed by atoms with Crippen molar-refractivity contribution < 1.29 is 0 Å². The Labute approximate surface area is 79.1 Å². The highest BCUT2D eigenvalue weighted by atomic mass is 14.9. The number of anilines is 2. The summed E-state index contributed by atoms with van der Waals surface area (Å²) in [7, 11) is 0. The summed E-state index contributed by atoms with van der Waals surface area (Å²) in [6, 6.07) is 6.12. The fraction of sp³-hybridized carbons (Fsp3) is 0.455. The number of nitrogens with two attached hydrogens (primary N) is 1. The van der Waals surface area contributed by atoms with Gasteiger partial charge in [-0.25, -0.2) is 0 Å². The van der Waals surface area contributed by atoms with Gasteiger partial charge in [0.2, 0.25) is 0 Å². The number of rotatable bonds is 1. The molecule has 1 atom stereocenters. The maximum absolute atomic E-state index is 5.78. The molecule has 1 aromatic carbocycles. The monoisotopic (exact) mass is 176 g/mol. The van der Waals surface area contributed by atoms with Gasteiger partial charge in [-0.3, -0.25) is 0 Å². The van der Waals surface area contributed by atoms with Crippen molar-refractivity contribution in [3.05, 3.63) is 23.8 Å². The predicted octanol–water partition coefficient (Wildman–Crippen LogP) is 2.36. The van der Waals surface area contributed by atoms with Crippen LogP contribution in [0.1, 0.15) is 25.8 Å². The third-order valence-corrected chi connectivity index (χ3v) is 3.14. The Balaban J connectivity index is 2.52. The largest absolute Gasteiger partial charge is 0.399 e. The molecule has 3 N–H and O–H groups in total. The summed E-state index contributed by atoms with van der Waals surface area (Å²) in [4.78, 5) is 0. The first kappa shape index (κ1) is 8.42. The van der Waals surface area contributed by atoms with E-state index in [1.165, 1.54) is 11.3 Å². The van der Waals surface area contributed by atoms with Crippen LogP contribution in [0.15, 0.2) is 18.2 Å². The van der Waals surface area contributed by atoms with Crippen molar-refractivity contribution >= 4 is 11.4 Å². The topological polar surface area (TPSA) is 38.0 Å². The molecule has 1 aliphatic rings. The second kappa shape index (κ2) is 2.66. The van der Waals surface area contributed by atoms with E-state index in [2.05, 4.69) is 31.3 Å². The zero-order chi connectivity index (χ0) is 9.47. The Hall–Kier alpha value is -1.18. The molecule has 0 unspecified atom stereocenters. The van der Waals surface area contributed by atoms with Gasteiger partial charge in [-0.15, -0.1) is 0 Å². The lowest BCUT2D eigenvalue weighted by molar-refractivity contribution is 0.504. The van der Waals surface area contributed by atoms with Crippen LogP contribution in [0.25, 0.3) is 0 Å². The quantitative estimate of drug-likeness (QED) is 0.645. The van der Waals surface area contributed by atoms with Gasteiger partial charge in [0.25, 0.3) is 0 Å².